The van der Waals surface area contributed by atoms with Crippen LogP contribution in [0.3, 0.4) is 0 Å². The molecule has 0 saturated heterocycles. The lowest BCUT2D eigenvalue weighted by atomic mass is 10.2. The Morgan fingerprint density at radius 3 is 2.20 bits per heavy atom. The average molecular weight is 363 g/mol. The van der Waals surface area contributed by atoms with Crippen molar-refractivity contribution in [3.63, 3.8) is 0 Å². The molecule has 0 atom stereocenters. The number of rotatable bonds is 6. The van der Waals surface area contributed by atoms with Gasteiger partial charge in [-0.05, 0) is 29.3 Å². The van der Waals surface area contributed by atoms with Gasteiger partial charge in [0.1, 0.15) is 0 Å². The van der Waals surface area contributed by atoms with E-state index in [0.29, 0.717) is 16.5 Å². The van der Waals surface area contributed by atoms with Gasteiger partial charge >= 0.3 is 11.8 Å². The van der Waals surface area contributed by atoms with E-state index in [-0.39, 0.29) is 13.1 Å². The van der Waals surface area contributed by atoms with Crippen molar-refractivity contribution in [2.75, 3.05) is 14.2 Å². The van der Waals surface area contributed by atoms with Crippen molar-refractivity contribution in [1.82, 2.24) is 10.6 Å². The van der Waals surface area contributed by atoms with Crippen LogP contribution in [-0.4, -0.2) is 26.0 Å². The average Bonchev–Trinajstić information content (AvgIpc) is 2.64. The number of carbonyl (C=O) groups excluding carboxylic acids is 2. The molecule has 2 aromatic rings. The quantitative estimate of drug-likeness (QED) is 0.773. The predicted octanol–water partition coefficient (Wildman–Crippen LogP) is 2.29. The van der Waals surface area contributed by atoms with Crippen molar-refractivity contribution in [3.05, 3.63) is 58.6 Å². The molecule has 0 saturated carbocycles. The summed E-state index contributed by atoms with van der Waals surface area (Å²) in [6.45, 7) is 0.376. The molecule has 0 aliphatic rings. The van der Waals surface area contributed by atoms with E-state index in [1.165, 1.54) is 7.11 Å². The van der Waals surface area contributed by atoms with E-state index in [2.05, 4.69) is 10.6 Å². The second-order valence-corrected chi connectivity index (χ2v) is 5.55. The van der Waals surface area contributed by atoms with Crippen molar-refractivity contribution in [2.45, 2.75) is 13.1 Å². The molecule has 0 fully saturated rings. The predicted molar refractivity (Wildman–Crippen MR) is 94.7 cm³/mol. The second kappa shape index (κ2) is 8.94. The zero-order chi connectivity index (χ0) is 18.2. The molecule has 2 rings (SSSR count). The number of halogens is 1. The van der Waals surface area contributed by atoms with E-state index in [9.17, 15) is 9.59 Å². The molecule has 2 amide bonds. The summed E-state index contributed by atoms with van der Waals surface area (Å²) in [5.74, 6) is -0.297. The summed E-state index contributed by atoms with van der Waals surface area (Å²) < 4.78 is 10.4. The number of benzene rings is 2. The zero-order valence-corrected chi connectivity index (χ0v) is 14.7. The van der Waals surface area contributed by atoms with Gasteiger partial charge in [-0.1, -0.05) is 35.9 Å². The molecule has 2 N–H and O–H groups in total. The highest BCUT2D eigenvalue weighted by atomic mass is 35.5. The smallest absolute Gasteiger partial charge is 0.309 e. The van der Waals surface area contributed by atoms with Crippen LogP contribution in [-0.2, 0) is 22.7 Å². The number of methoxy groups -OCH3 is 2. The molecule has 0 spiro atoms. The van der Waals surface area contributed by atoms with E-state index in [4.69, 9.17) is 21.1 Å². The van der Waals surface area contributed by atoms with Crippen LogP contribution in [0.15, 0.2) is 42.5 Å². The number of hydrogen-bond acceptors (Lipinski definition) is 4. The minimum Gasteiger partial charge on any atom is -0.493 e. The van der Waals surface area contributed by atoms with Gasteiger partial charge in [0.25, 0.3) is 0 Å². The molecule has 0 unspecified atom stereocenters. The molecule has 2 aromatic carbocycles. The highest BCUT2D eigenvalue weighted by molar-refractivity contribution is 6.35. The molecule has 0 aromatic heterocycles. The van der Waals surface area contributed by atoms with Crippen molar-refractivity contribution >= 4 is 23.4 Å². The molecular formula is C18H19ClN2O4. The lowest BCUT2D eigenvalue weighted by molar-refractivity contribution is -0.139. The van der Waals surface area contributed by atoms with Gasteiger partial charge in [-0.3, -0.25) is 9.59 Å². The van der Waals surface area contributed by atoms with Gasteiger partial charge in [-0.25, -0.2) is 0 Å². The fourth-order valence-electron chi connectivity index (χ4n) is 2.15. The summed E-state index contributed by atoms with van der Waals surface area (Å²) in [5.41, 5.74) is 1.52. The van der Waals surface area contributed by atoms with E-state index in [1.807, 2.05) is 6.07 Å². The first-order valence-electron chi connectivity index (χ1n) is 7.55. The van der Waals surface area contributed by atoms with Crippen LogP contribution < -0.4 is 20.1 Å². The van der Waals surface area contributed by atoms with Crippen LogP contribution >= 0.6 is 11.6 Å². The molecule has 132 valence electrons. The van der Waals surface area contributed by atoms with E-state index in [0.717, 1.165) is 11.1 Å². The van der Waals surface area contributed by atoms with E-state index < -0.39 is 11.8 Å². The first-order chi connectivity index (χ1) is 12.0. The van der Waals surface area contributed by atoms with Gasteiger partial charge in [-0.2, -0.15) is 0 Å². The van der Waals surface area contributed by atoms with Crippen molar-refractivity contribution in [2.24, 2.45) is 0 Å². The number of nitrogens with one attached hydrogen (secondary N) is 2. The first kappa shape index (κ1) is 18.6. The second-order valence-electron chi connectivity index (χ2n) is 5.15. The SMILES string of the molecule is COc1ccc(CNC(=O)C(=O)NCc2ccccc2Cl)cc1OC. The molecule has 0 aliphatic carbocycles. The van der Waals surface area contributed by atoms with Crippen LogP contribution in [0.5, 0.6) is 11.5 Å². The summed E-state index contributed by atoms with van der Waals surface area (Å²) in [6.07, 6.45) is 0. The Morgan fingerprint density at radius 1 is 0.920 bits per heavy atom. The van der Waals surface area contributed by atoms with Crippen LogP contribution in [0.2, 0.25) is 5.02 Å². The lowest BCUT2D eigenvalue weighted by Crippen LogP contribution is -2.39. The van der Waals surface area contributed by atoms with Crippen LogP contribution in [0.25, 0.3) is 0 Å². The Labute approximate surface area is 151 Å². The van der Waals surface area contributed by atoms with Crippen molar-refractivity contribution in [1.29, 1.82) is 0 Å². The third-order valence-corrected chi connectivity index (χ3v) is 3.87. The number of hydrogen-bond donors (Lipinski definition) is 2. The van der Waals surface area contributed by atoms with Gasteiger partial charge in [0, 0.05) is 18.1 Å². The zero-order valence-electron chi connectivity index (χ0n) is 14.0. The van der Waals surface area contributed by atoms with Crippen molar-refractivity contribution < 1.29 is 19.1 Å². The van der Waals surface area contributed by atoms with E-state index >= 15 is 0 Å². The number of carbonyl (C=O) groups is 2. The topological polar surface area (TPSA) is 76.7 Å². The normalized spacial score (nSPS) is 10.0. The minimum absolute atomic E-state index is 0.183. The minimum atomic E-state index is -0.722. The third kappa shape index (κ3) is 5.12. The highest BCUT2D eigenvalue weighted by Gasteiger charge is 2.14. The Hall–Kier alpha value is -2.73. The van der Waals surface area contributed by atoms with Crippen molar-refractivity contribution in [3.8, 4) is 11.5 Å². The Morgan fingerprint density at radius 2 is 1.56 bits per heavy atom. The monoisotopic (exact) mass is 362 g/mol. The molecule has 0 bridgehead atoms. The number of amides is 2. The molecule has 6 nitrogen and oxygen atoms in total. The Bertz CT molecular complexity index is 764. The number of ether oxygens (including phenoxy) is 2. The van der Waals surface area contributed by atoms with Crippen LogP contribution in [0.1, 0.15) is 11.1 Å². The summed E-state index contributed by atoms with van der Waals surface area (Å²) in [7, 11) is 3.07. The summed E-state index contributed by atoms with van der Waals surface area (Å²) in [5, 5.41) is 5.63. The summed E-state index contributed by atoms with van der Waals surface area (Å²) in [6, 6.07) is 12.4. The van der Waals surface area contributed by atoms with Crippen LogP contribution in [0.4, 0.5) is 0 Å². The van der Waals surface area contributed by atoms with Gasteiger partial charge in [0.15, 0.2) is 11.5 Å². The maximum atomic E-state index is 11.9. The van der Waals surface area contributed by atoms with Gasteiger partial charge in [0.2, 0.25) is 0 Å². The maximum absolute atomic E-state index is 11.9. The molecule has 0 radical (unpaired) electrons. The molecular weight excluding hydrogens is 344 g/mol. The summed E-state index contributed by atoms with van der Waals surface area (Å²) >= 11 is 6.01. The highest BCUT2D eigenvalue weighted by Crippen LogP contribution is 2.27. The largest absolute Gasteiger partial charge is 0.493 e. The fraction of sp³-hybridized carbons (Fsp3) is 0.222. The standard InChI is InChI=1S/C18H19ClN2O4/c1-24-15-8-7-12(9-16(15)25-2)10-20-17(22)18(23)21-11-13-5-3-4-6-14(13)19/h3-9H,10-11H2,1-2H3,(H,20,22)(H,21,23). The van der Waals surface area contributed by atoms with Crippen LogP contribution in [0, 0.1) is 0 Å². The summed E-state index contributed by atoms with van der Waals surface area (Å²) in [4.78, 5) is 23.7. The molecule has 0 heterocycles. The third-order valence-electron chi connectivity index (χ3n) is 3.50. The van der Waals surface area contributed by atoms with Gasteiger partial charge in [0.05, 0.1) is 14.2 Å². The molecule has 25 heavy (non-hydrogen) atoms. The Balaban J connectivity index is 1.87. The fourth-order valence-corrected chi connectivity index (χ4v) is 2.35. The molecule has 7 heteroatoms. The lowest BCUT2D eigenvalue weighted by Gasteiger charge is -2.10. The first-order valence-corrected chi connectivity index (χ1v) is 7.93. The van der Waals surface area contributed by atoms with E-state index in [1.54, 1.807) is 43.5 Å². The Kier molecular flexibility index (Phi) is 6.65. The van der Waals surface area contributed by atoms with Gasteiger partial charge in [-0.15, -0.1) is 0 Å². The maximum Gasteiger partial charge on any atom is 0.309 e. The van der Waals surface area contributed by atoms with Gasteiger partial charge < -0.3 is 20.1 Å². The molecule has 0 aliphatic heterocycles.